The van der Waals surface area contributed by atoms with Gasteiger partial charge in [0.2, 0.25) is 0 Å². The zero-order valence-corrected chi connectivity index (χ0v) is 5.16. The van der Waals surface area contributed by atoms with Crippen molar-refractivity contribution < 1.29 is 4.79 Å². The lowest BCUT2D eigenvalue weighted by Gasteiger charge is -1.77. The summed E-state index contributed by atoms with van der Waals surface area (Å²) in [6.07, 6.45) is 1.50. The first kappa shape index (κ1) is 5.44. The second-order valence-corrected chi connectivity index (χ2v) is 2.17. The highest BCUT2D eigenvalue weighted by Crippen LogP contribution is 2.01. The van der Waals surface area contributed by atoms with E-state index in [4.69, 9.17) is 0 Å². The van der Waals surface area contributed by atoms with Crippen molar-refractivity contribution in [3.8, 4) is 0 Å². The molecule has 3 heteroatoms. The lowest BCUT2D eigenvalue weighted by Crippen LogP contribution is -1.87. The summed E-state index contributed by atoms with van der Waals surface area (Å²) in [5.41, 5.74) is 0. The zero-order chi connectivity index (χ0) is 5.98. The number of thiazole rings is 1. The van der Waals surface area contributed by atoms with Gasteiger partial charge >= 0.3 is 0 Å². The van der Waals surface area contributed by atoms with E-state index in [1.54, 1.807) is 0 Å². The Morgan fingerprint density at radius 1 is 2.00 bits per heavy atom. The van der Waals surface area contributed by atoms with Gasteiger partial charge in [-0.2, -0.15) is 0 Å². The van der Waals surface area contributed by atoms with Gasteiger partial charge in [-0.3, -0.25) is 4.79 Å². The van der Waals surface area contributed by atoms with E-state index in [0.717, 1.165) is 0 Å². The largest absolute Gasteiger partial charge is 0.292 e. The maximum Gasteiger partial charge on any atom is 0.188 e. The van der Waals surface area contributed by atoms with Crippen LogP contribution in [0.25, 0.3) is 0 Å². The van der Waals surface area contributed by atoms with Gasteiger partial charge < -0.3 is 0 Å². The van der Waals surface area contributed by atoms with E-state index in [1.165, 1.54) is 24.5 Å². The van der Waals surface area contributed by atoms with Gasteiger partial charge in [0, 0.05) is 13.1 Å². The summed E-state index contributed by atoms with van der Waals surface area (Å²) in [7, 11) is 0. The minimum absolute atomic E-state index is 0.0104. The number of ketones is 1. The molecule has 8 heavy (non-hydrogen) atoms. The number of nitrogens with zero attached hydrogens (tertiary/aromatic N) is 1. The molecule has 0 fully saturated rings. The summed E-state index contributed by atoms with van der Waals surface area (Å²) in [4.78, 5) is 14.2. The van der Waals surface area contributed by atoms with Crippen molar-refractivity contribution in [2.45, 2.75) is 6.92 Å². The molecule has 0 saturated heterocycles. The number of hydrogen-bond acceptors (Lipinski definition) is 3. The van der Waals surface area contributed by atoms with Crippen molar-refractivity contribution in [3.05, 3.63) is 16.6 Å². The number of Topliss-reactive ketones (excluding diaryl/α,β-unsaturated/α-hetero) is 1. The molecule has 0 spiro atoms. The molecule has 1 heterocycles. The van der Waals surface area contributed by atoms with Gasteiger partial charge in [-0.05, 0) is 0 Å². The molecule has 0 bridgehead atoms. The van der Waals surface area contributed by atoms with E-state index < -0.39 is 0 Å². The second-order valence-electron chi connectivity index (χ2n) is 1.34. The summed E-state index contributed by atoms with van der Waals surface area (Å²) in [6.45, 7) is 1.49. The first-order chi connectivity index (χ1) is 3.80. The summed E-state index contributed by atoms with van der Waals surface area (Å²) in [5, 5.41) is 3.25. The number of aromatic nitrogens is 1. The summed E-state index contributed by atoms with van der Waals surface area (Å²) in [6, 6.07) is 0. The van der Waals surface area contributed by atoms with Crippen molar-refractivity contribution in [1.82, 2.24) is 4.98 Å². The van der Waals surface area contributed by atoms with Crippen molar-refractivity contribution in [1.29, 1.82) is 0 Å². The number of carbonyl (C=O) groups is 1. The maximum atomic E-state index is 10.4. The van der Waals surface area contributed by atoms with Crippen molar-refractivity contribution in [3.63, 3.8) is 0 Å². The monoisotopic (exact) mass is 126 g/mol. The molecule has 0 aliphatic heterocycles. The van der Waals surface area contributed by atoms with E-state index in [9.17, 15) is 4.79 Å². The van der Waals surface area contributed by atoms with E-state index in [0.29, 0.717) is 5.01 Å². The van der Waals surface area contributed by atoms with Crippen molar-refractivity contribution in [2.75, 3.05) is 0 Å². The van der Waals surface area contributed by atoms with Crippen molar-refractivity contribution in [2.24, 2.45) is 0 Å². The lowest BCUT2D eigenvalue weighted by molar-refractivity contribution is 0.101. The standard InChI is InChI=1S/C5H4NOS/c1-4(7)5-6-2-3-8-5/h2H,1H3. The van der Waals surface area contributed by atoms with Crippen LogP contribution in [0.15, 0.2) is 6.20 Å². The third kappa shape index (κ3) is 0.924. The topological polar surface area (TPSA) is 30.0 Å². The van der Waals surface area contributed by atoms with Gasteiger partial charge in [-0.1, -0.05) is 0 Å². The Balaban J connectivity index is 2.93. The fourth-order valence-corrected chi connectivity index (χ4v) is 0.822. The Morgan fingerprint density at radius 3 is 3.00 bits per heavy atom. The molecule has 1 aromatic heterocycles. The van der Waals surface area contributed by atoms with Crippen LogP contribution in [0, 0.1) is 5.38 Å². The maximum absolute atomic E-state index is 10.4. The molecule has 41 valence electrons. The lowest BCUT2D eigenvalue weighted by atomic mass is 10.5. The number of rotatable bonds is 1. The molecule has 0 atom stereocenters. The van der Waals surface area contributed by atoms with Gasteiger partial charge in [-0.15, -0.1) is 11.3 Å². The third-order valence-electron chi connectivity index (χ3n) is 0.691. The summed E-state index contributed by atoms with van der Waals surface area (Å²) < 4.78 is 0. The Kier molecular flexibility index (Phi) is 1.39. The molecule has 0 amide bonds. The van der Waals surface area contributed by atoms with Crippen LogP contribution in [-0.4, -0.2) is 10.8 Å². The molecule has 2 nitrogen and oxygen atoms in total. The zero-order valence-electron chi connectivity index (χ0n) is 4.34. The molecule has 0 unspecified atom stereocenters. The average molecular weight is 126 g/mol. The van der Waals surface area contributed by atoms with Crippen LogP contribution in [0.3, 0.4) is 0 Å². The molecule has 0 N–H and O–H groups in total. The van der Waals surface area contributed by atoms with Crippen LogP contribution in [0.4, 0.5) is 0 Å². The van der Waals surface area contributed by atoms with Crippen molar-refractivity contribution >= 4 is 17.1 Å². The number of hydrogen-bond donors (Lipinski definition) is 0. The van der Waals surface area contributed by atoms with Gasteiger partial charge in [-0.25, -0.2) is 4.98 Å². The van der Waals surface area contributed by atoms with E-state index in [2.05, 4.69) is 10.4 Å². The fraction of sp³-hybridized carbons (Fsp3) is 0.200. The van der Waals surface area contributed by atoms with Crippen LogP contribution in [0.2, 0.25) is 0 Å². The van der Waals surface area contributed by atoms with Gasteiger partial charge in [0.1, 0.15) is 0 Å². The van der Waals surface area contributed by atoms with E-state index in [-0.39, 0.29) is 5.78 Å². The molecule has 1 radical (unpaired) electrons. The molecule has 1 aromatic rings. The van der Waals surface area contributed by atoms with Crippen LogP contribution < -0.4 is 0 Å². The predicted molar refractivity (Wildman–Crippen MR) is 31.0 cm³/mol. The summed E-state index contributed by atoms with van der Waals surface area (Å²) >= 11 is 1.25. The van der Waals surface area contributed by atoms with Gasteiger partial charge in [0.25, 0.3) is 0 Å². The quantitative estimate of drug-likeness (QED) is 0.528. The predicted octanol–water partition coefficient (Wildman–Crippen LogP) is 1.15. The fourth-order valence-electron chi connectivity index (χ4n) is 0.356. The highest BCUT2D eigenvalue weighted by molar-refractivity contribution is 7.11. The smallest absolute Gasteiger partial charge is 0.188 e. The third-order valence-corrected chi connectivity index (χ3v) is 1.50. The molecule has 0 aliphatic carbocycles. The van der Waals surface area contributed by atoms with Crippen LogP contribution in [0.1, 0.15) is 16.7 Å². The SMILES string of the molecule is CC(=O)c1nc[c]s1. The molecular weight excluding hydrogens is 122 g/mol. The molecule has 1 rings (SSSR count). The Morgan fingerprint density at radius 2 is 2.75 bits per heavy atom. The van der Waals surface area contributed by atoms with Gasteiger partial charge in [0.05, 0.1) is 5.38 Å². The average Bonchev–Trinajstić information content (AvgIpc) is 2.12. The normalized spacial score (nSPS) is 9.12. The first-order valence-electron chi connectivity index (χ1n) is 2.13. The molecular formula is C5H4NOS. The first-order valence-corrected chi connectivity index (χ1v) is 2.95. The highest BCUT2D eigenvalue weighted by atomic mass is 32.1. The van der Waals surface area contributed by atoms with Gasteiger partial charge in [0.15, 0.2) is 10.8 Å². The minimum Gasteiger partial charge on any atom is -0.292 e. The second kappa shape index (κ2) is 2.05. The van der Waals surface area contributed by atoms with Crippen LogP contribution in [-0.2, 0) is 0 Å². The Bertz CT molecular complexity index is 180. The molecule has 0 saturated carbocycles. The van der Waals surface area contributed by atoms with Crippen LogP contribution in [0.5, 0.6) is 0 Å². The number of carbonyl (C=O) groups excluding carboxylic acids is 1. The minimum atomic E-state index is 0.0104. The Labute approximate surface area is 51.2 Å². The molecule has 0 aromatic carbocycles. The Hall–Kier alpha value is -0.700. The van der Waals surface area contributed by atoms with E-state index in [1.807, 2.05) is 0 Å². The highest BCUT2D eigenvalue weighted by Gasteiger charge is 1.98. The molecule has 0 aliphatic rings. The van der Waals surface area contributed by atoms with Crippen LogP contribution >= 0.6 is 11.3 Å². The van der Waals surface area contributed by atoms with E-state index >= 15 is 0 Å². The summed E-state index contributed by atoms with van der Waals surface area (Å²) in [5.74, 6) is 0.0104.